The Bertz CT molecular complexity index is 905. The first-order valence-electron chi connectivity index (χ1n) is 7.27. The van der Waals surface area contributed by atoms with Gasteiger partial charge in [0.25, 0.3) is 5.91 Å². The van der Waals surface area contributed by atoms with E-state index in [0.29, 0.717) is 10.7 Å². The van der Waals surface area contributed by atoms with E-state index in [4.69, 9.17) is 4.52 Å². The van der Waals surface area contributed by atoms with Crippen molar-refractivity contribution in [1.29, 1.82) is 0 Å². The van der Waals surface area contributed by atoms with Crippen molar-refractivity contribution in [2.45, 2.75) is 11.8 Å². The molecule has 12 heteroatoms. The van der Waals surface area contributed by atoms with Crippen LogP contribution in [0, 0.1) is 13.0 Å². The molecule has 27 heavy (non-hydrogen) atoms. The third-order valence-corrected chi connectivity index (χ3v) is 4.49. The third kappa shape index (κ3) is 4.20. The number of amides is 1. The molecule has 1 aliphatic rings. The van der Waals surface area contributed by atoms with Gasteiger partial charge in [0.2, 0.25) is 0 Å². The maximum atomic E-state index is 12.6. The second-order valence-corrected chi connectivity index (χ2v) is 6.42. The zero-order valence-corrected chi connectivity index (χ0v) is 17.8. The van der Waals surface area contributed by atoms with Crippen LogP contribution in [-0.2, 0) is 35.3 Å². The van der Waals surface area contributed by atoms with Crippen LogP contribution >= 0.6 is 11.9 Å². The molecule has 1 aromatic carbocycles. The number of benzene rings is 1. The van der Waals surface area contributed by atoms with E-state index in [2.05, 4.69) is 21.2 Å². The first kappa shape index (κ1) is 21.1. The minimum Gasteiger partial charge on any atom is -0.702 e. The van der Waals surface area contributed by atoms with Crippen LogP contribution in [0.15, 0.2) is 33.3 Å². The van der Waals surface area contributed by atoms with Gasteiger partial charge in [-0.25, -0.2) is 0 Å². The number of hydrogen-bond acceptors (Lipinski definition) is 9. The summed E-state index contributed by atoms with van der Waals surface area (Å²) in [4.78, 5) is 23.5. The topological polar surface area (TPSA) is 125 Å². The Morgan fingerprint density at radius 3 is 2.93 bits per heavy atom. The minimum absolute atomic E-state index is 0. The molecule has 0 atom stereocenters. The van der Waals surface area contributed by atoms with Crippen molar-refractivity contribution < 1.29 is 50.0 Å². The van der Waals surface area contributed by atoms with E-state index >= 15 is 0 Å². The number of aromatic nitrogens is 1. The molecule has 138 valence electrons. The molecule has 0 bridgehead atoms. The van der Waals surface area contributed by atoms with Crippen LogP contribution in [-0.4, -0.2) is 46.1 Å². The number of rotatable bonds is 5. The average Bonchev–Trinajstić information content (AvgIpc) is 2.99. The van der Waals surface area contributed by atoms with Gasteiger partial charge in [0, 0.05) is 13.1 Å². The summed E-state index contributed by atoms with van der Waals surface area (Å²) in [6.07, 6.45) is 0. The number of fused-ring (bicyclic) bond motifs is 1. The van der Waals surface area contributed by atoms with E-state index in [-0.39, 0.29) is 43.6 Å². The van der Waals surface area contributed by atoms with Gasteiger partial charge >= 0.3 is 28.2 Å². The fourth-order valence-corrected chi connectivity index (χ4v) is 3.41. The van der Waals surface area contributed by atoms with Crippen molar-refractivity contribution in [3.05, 3.63) is 41.3 Å². The van der Waals surface area contributed by atoms with Gasteiger partial charge in [-0.2, -0.15) is 18.2 Å². The fraction of sp³-hybridized carbons (Fsp3) is 0.133. The molecule has 9 nitrogen and oxygen atoms in total. The quantitative estimate of drug-likeness (QED) is 0.272. The Hall–Kier alpha value is -2.23. The first-order valence-corrected chi connectivity index (χ1v) is 8.05. The van der Waals surface area contributed by atoms with Gasteiger partial charge < -0.3 is 33.7 Å². The average molecular weight is 557 g/mol. The third-order valence-electron chi connectivity index (χ3n) is 3.49. The number of likely N-dealkylation sites (N-methyl/N-ethyl adjacent to an activating group) is 1. The van der Waals surface area contributed by atoms with Crippen molar-refractivity contribution in [1.82, 2.24) is 9.46 Å². The molecule has 2 aromatic rings. The molecule has 0 radical (unpaired) electrons. The molecule has 3 N–H and O–H groups in total. The van der Waals surface area contributed by atoms with Crippen molar-refractivity contribution in [3.63, 3.8) is 0 Å². The number of aliphatic hydroxyl groups is 1. The minimum atomic E-state index is -1.68. The summed E-state index contributed by atoms with van der Waals surface area (Å²) in [6.45, 7) is 2.80. The molecule has 0 saturated heterocycles. The molecule has 1 aliphatic heterocycles. The molecule has 0 spiro atoms. The van der Waals surface area contributed by atoms with Gasteiger partial charge in [-0.05, 0) is 18.9 Å². The van der Waals surface area contributed by atoms with Crippen LogP contribution in [0.4, 0.5) is 5.82 Å². The van der Waals surface area contributed by atoms with Crippen LogP contribution in [0.1, 0.15) is 11.3 Å². The SMILES string of the molecule is Cc1cc(NC(=O)C2=C(O)c3c(B(O)O[C-]=O)[c-]ccc3SN2C)no1.[W+2]. The number of nitrogens with one attached hydrogen (secondary N) is 1. The largest absolute Gasteiger partial charge is 2.00 e. The summed E-state index contributed by atoms with van der Waals surface area (Å²) in [7, 11) is -0.0916. The van der Waals surface area contributed by atoms with E-state index in [9.17, 15) is 19.7 Å². The smallest absolute Gasteiger partial charge is 0.702 e. The number of carbonyl (C=O) groups is 1. The van der Waals surface area contributed by atoms with Gasteiger partial charge in [0.05, 0.1) is 5.76 Å². The van der Waals surface area contributed by atoms with E-state index in [1.807, 2.05) is 0 Å². The number of aliphatic hydroxyl groups excluding tert-OH is 1. The summed E-state index contributed by atoms with van der Waals surface area (Å²) in [5.41, 5.74) is 0.0673. The monoisotopic (exact) mass is 557 g/mol. The normalized spacial score (nSPS) is 12.8. The van der Waals surface area contributed by atoms with Crippen LogP contribution in [0.5, 0.6) is 0 Å². The summed E-state index contributed by atoms with van der Waals surface area (Å²) in [5.74, 6) is -0.337. The van der Waals surface area contributed by atoms with Crippen molar-refractivity contribution in [3.8, 4) is 0 Å². The zero-order valence-electron chi connectivity index (χ0n) is 14.0. The maximum absolute atomic E-state index is 12.6. The van der Waals surface area contributed by atoms with Crippen LogP contribution < -0.4 is 10.8 Å². The second kappa shape index (κ2) is 8.64. The van der Waals surface area contributed by atoms with Crippen LogP contribution in [0.25, 0.3) is 5.76 Å². The summed E-state index contributed by atoms with van der Waals surface area (Å²) in [6, 6.07) is 7.37. The van der Waals surface area contributed by atoms with Gasteiger partial charge in [0.15, 0.2) is 5.82 Å². The van der Waals surface area contributed by atoms with E-state index < -0.39 is 18.8 Å². The van der Waals surface area contributed by atoms with Crippen molar-refractivity contribution in [2.75, 3.05) is 12.4 Å². The molecule has 0 fully saturated rings. The maximum Gasteiger partial charge on any atom is 2.00 e. The van der Waals surface area contributed by atoms with Crippen molar-refractivity contribution >= 4 is 48.5 Å². The van der Waals surface area contributed by atoms with Crippen molar-refractivity contribution in [2.24, 2.45) is 0 Å². The van der Waals surface area contributed by atoms with Gasteiger partial charge in [-0.3, -0.25) is 4.79 Å². The number of hydrogen-bond donors (Lipinski definition) is 3. The Kier molecular flexibility index (Phi) is 6.75. The molecule has 0 saturated carbocycles. The van der Waals surface area contributed by atoms with E-state index in [0.717, 1.165) is 18.4 Å². The Morgan fingerprint density at radius 2 is 2.30 bits per heavy atom. The van der Waals surface area contributed by atoms with Gasteiger partial charge in [-0.1, -0.05) is 22.1 Å². The molecular formula is C15H12BN3O6SW. The Labute approximate surface area is 173 Å². The fourth-order valence-electron chi connectivity index (χ4n) is 2.43. The summed E-state index contributed by atoms with van der Waals surface area (Å²) < 4.78 is 10.8. The van der Waals surface area contributed by atoms with Crippen LogP contribution in [0.2, 0.25) is 0 Å². The van der Waals surface area contributed by atoms with Crippen LogP contribution in [0.3, 0.4) is 0 Å². The summed E-state index contributed by atoms with van der Waals surface area (Å²) >= 11 is 1.14. The molecule has 1 amide bonds. The Morgan fingerprint density at radius 1 is 1.56 bits per heavy atom. The second-order valence-electron chi connectivity index (χ2n) is 5.25. The number of nitrogens with zero attached hydrogens (tertiary/aromatic N) is 2. The molecule has 1 aromatic heterocycles. The van der Waals surface area contributed by atoms with Gasteiger partial charge in [-0.15, -0.1) is 5.46 Å². The molecule has 0 aliphatic carbocycles. The Balaban J connectivity index is 0.00000261. The van der Waals surface area contributed by atoms with E-state index in [1.54, 1.807) is 20.0 Å². The molecule has 0 unspecified atom stereocenters. The van der Waals surface area contributed by atoms with Gasteiger partial charge in [0.1, 0.15) is 11.5 Å². The van der Waals surface area contributed by atoms with E-state index in [1.165, 1.54) is 16.4 Å². The summed E-state index contributed by atoms with van der Waals surface area (Å²) in [5, 5.41) is 26.8. The number of aryl methyl sites for hydroxylation is 1. The molecule has 3 rings (SSSR count). The zero-order chi connectivity index (χ0) is 18.8. The first-order chi connectivity index (χ1) is 12.4. The predicted molar refractivity (Wildman–Crippen MR) is 92.7 cm³/mol. The standard InChI is InChI=1S/C15H12BN3O6S.W/c1-8-6-11(18-25-8)17-15(22)13-14(21)12-9(16(23)24-7-20)4-3-5-10(12)26-19(13)2;/h3,5-6,21,23H,1-2H3,(H,17,18,22);/q-2;+2. The predicted octanol–water partition coefficient (Wildman–Crippen LogP) is 0.370. The molecular weight excluding hydrogens is 545 g/mol. The number of carbonyl (C=O) groups excluding carboxylic acids is 2. The molecule has 2 heterocycles. The number of anilines is 1.